The summed E-state index contributed by atoms with van der Waals surface area (Å²) in [6, 6.07) is 14.0. The van der Waals surface area contributed by atoms with Crippen LogP contribution in [0.1, 0.15) is 18.1 Å². The molecule has 0 bridgehead atoms. The zero-order valence-corrected chi connectivity index (χ0v) is 13.5. The van der Waals surface area contributed by atoms with Crippen molar-refractivity contribution < 1.29 is 19.0 Å². The molecule has 0 radical (unpaired) electrons. The quantitative estimate of drug-likeness (QED) is 0.667. The molecule has 1 N–H and O–H groups in total. The Morgan fingerprint density at radius 2 is 2.00 bits per heavy atom. The molecule has 0 saturated heterocycles. The van der Waals surface area contributed by atoms with Gasteiger partial charge in [-0.1, -0.05) is 0 Å². The summed E-state index contributed by atoms with van der Waals surface area (Å²) in [7, 11) is 0. The maximum atomic E-state index is 11.8. The Hall–Kier alpha value is -3.53. The molecule has 0 spiro atoms. The number of hydrogen-bond donors (Lipinski definition) is 1. The van der Waals surface area contributed by atoms with Crippen LogP contribution in [0.5, 0.6) is 17.2 Å². The zero-order valence-electron chi connectivity index (χ0n) is 13.5. The summed E-state index contributed by atoms with van der Waals surface area (Å²) in [4.78, 5) is 11.8. The maximum absolute atomic E-state index is 11.8. The summed E-state index contributed by atoms with van der Waals surface area (Å²) < 4.78 is 15.9. The number of nitriles is 1. The number of hydrogen-bond acceptors (Lipinski definition) is 6. The normalized spacial score (nSPS) is 12.4. The summed E-state index contributed by atoms with van der Waals surface area (Å²) in [5, 5.41) is 12.8. The lowest BCUT2D eigenvalue weighted by molar-refractivity contribution is -0.123. The predicted molar refractivity (Wildman–Crippen MR) is 89.6 cm³/mol. The molecule has 0 saturated carbocycles. The fourth-order valence-corrected chi connectivity index (χ4v) is 2.14. The van der Waals surface area contributed by atoms with Gasteiger partial charge in [0.15, 0.2) is 18.1 Å². The van der Waals surface area contributed by atoms with Crippen LogP contribution in [0.25, 0.3) is 0 Å². The highest BCUT2D eigenvalue weighted by atomic mass is 16.7. The van der Waals surface area contributed by atoms with Crippen LogP contribution in [-0.2, 0) is 4.79 Å². The number of benzene rings is 2. The molecule has 0 aromatic heterocycles. The number of fused-ring (bicyclic) bond motifs is 1. The topological polar surface area (TPSA) is 92.9 Å². The van der Waals surface area contributed by atoms with Crippen LogP contribution in [0.2, 0.25) is 0 Å². The number of nitrogens with zero attached hydrogens (tertiary/aromatic N) is 2. The number of carbonyl (C=O) groups excluding carboxylic acids is 1. The Morgan fingerprint density at radius 3 is 2.76 bits per heavy atom. The van der Waals surface area contributed by atoms with E-state index >= 15 is 0 Å². The van der Waals surface area contributed by atoms with Crippen LogP contribution in [0, 0.1) is 11.3 Å². The lowest BCUT2D eigenvalue weighted by Gasteiger charge is -2.06. The van der Waals surface area contributed by atoms with E-state index in [1.54, 1.807) is 43.3 Å². The van der Waals surface area contributed by atoms with E-state index in [2.05, 4.69) is 10.5 Å². The first-order valence-electron chi connectivity index (χ1n) is 7.52. The van der Waals surface area contributed by atoms with Crippen LogP contribution in [0.4, 0.5) is 0 Å². The minimum atomic E-state index is -0.385. The minimum Gasteiger partial charge on any atom is -0.484 e. The van der Waals surface area contributed by atoms with Gasteiger partial charge in [-0.05, 0) is 49.4 Å². The van der Waals surface area contributed by atoms with Crippen molar-refractivity contribution in [1.29, 1.82) is 5.26 Å². The second-order valence-corrected chi connectivity index (χ2v) is 5.23. The molecule has 1 aliphatic rings. The average molecular weight is 337 g/mol. The molecule has 1 heterocycles. The molecular weight excluding hydrogens is 322 g/mol. The van der Waals surface area contributed by atoms with Crippen molar-refractivity contribution >= 4 is 11.6 Å². The van der Waals surface area contributed by atoms with Gasteiger partial charge < -0.3 is 14.2 Å². The van der Waals surface area contributed by atoms with Crippen molar-refractivity contribution in [2.24, 2.45) is 5.10 Å². The van der Waals surface area contributed by atoms with Crippen LogP contribution in [-0.4, -0.2) is 25.0 Å². The lowest BCUT2D eigenvalue weighted by Crippen LogP contribution is -2.25. The number of nitrogens with one attached hydrogen (secondary N) is 1. The van der Waals surface area contributed by atoms with Gasteiger partial charge in [0.25, 0.3) is 5.91 Å². The highest BCUT2D eigenvalue weighted by Crippen LogP contribution is 2.32. The molecule has 2 aromatic carbocycles. The Kier molecular flexibility index (Phi) is 4.81. The number of rotatable bonds is 5. The summed E-state index contributed by atoms with van der Waals surface area (Å²) in [5.74, 6) is 1.47. The van der Waals surface area contributed by atoms with Crippen molar-refractivity contribution in [2.75, 3.05) is 13.4 Å². The van der Waals surface area contributed by atoms with Gasteiger partial charge in [-0.15, -0.1) is 0 Å². The Bertz CT molecular complexity index is 854. The fourth-order valence-electron chi connectivity index (χ4n) is 2.14. The Morgan fingerprint density at radius 1 is 1.24 bits per heavy atom. The van der Waals surface area contributed by atoms with Crippen LogP contribution in [0.15, 0.2) is 47.6 Å². The first kappa shape index (κ1) is 16.3. The van der Waals surface area contributed by atoms with Gasteiger partial charge in [0.2, 0.25) is 6.79 Å². The SMILES string of the molecule is C/C(=N\NC(=O)COc1ccc(C#N)cc1)c1ccc2c(c1)OCO2. The van der Waals surface area contributed by atoms with Crippen molar-refractivity contribution in [1.82, 2.24) is 5.43 Å². The smallest absolute Gasteiger partial charge is 0.277 e. The largest absolute Gasteiger partial charge is 0.484 e. The molecule has 0 atom stereocenters. The summed E-state index contributed by atoms with van der Waals surface area (Å²) in [6.07, 6.45) is 0. The van der Waals surface area contributed by atoms with Crippen LogP contribution in [0.3, 0.4) is 0 Å². The predicted octanol–water partition coefficient (Wildman–Crippen LogP) is 2.21. The summed E-state index contributed by atoms with van der Waals surface area (Å²) in [5.41, 5.74) is 4.42. The first-order valence-corrected chi connectivity index (χ1v) is 7.52. The first-order chi connectivity index (χ1) is 12.2. The van der Waals surface area contributed by atoms with E-state index in [9.17, 15) is 4.79 Å². The maximum Gasteiger partial charge on any atom is 0.277 e. The average Bonchev–Trinajstić information content (AvgIpc) is 3.12. The molecule has 0 fully saturated rings. The van der Waals surface area contributed by atoms with E-state index in [-0.39, 0.29) is 19.3 Å². The van der Waals surface area contributed by atoms with Gasteiger partial charge in [0.05, 0.1) is 17.3 Å². The molecule has 0 unspecified atom stereocenters. The molecule has 7 nitrogen and oxygen atoms in total. The molecule has 0 aliphatic carbocycles. The lowest BCUT2D eigenvalue weighted by atomic mass is 10.1. The monoisotopic (exact) mass is 337 g/mol. The van der Waals surface area contributed by atoms with Gasteiger partial charge >= 0.3 is 0 Å². The van der Waals surface area contributed by atoms with Gasteiger partial charge in [-0.3, -0.25) is 4.79 Å². The van der Waals surface area contributed by atoms with E-state index in [1.165, 1.54) is 0 Å². The summed E-state index contributed by atoms with van der Waals surface area (Å²) >= 11 is 0. The Labute approximate surface area is 144 Å². The third-order valence-corrected chi connectivity index (χ3v) is 3.49. The van der Waals surface area contributed by atoms with Crippen molar-refractivity contribution in [2.45, 2.75) is 6.92 Å². The minimum absolute atomic E-state index is 0.177. The highest BCUT2D eigenvalue weighted by molar-refractivity contribution is 5.99. The molecule has 1 amide bonds. The Balaban J connectivity index is 1.53. The van der Waals surface area contributed by atoms with Crippen molar-refractivity contribution in [3.05, 3.63) is 53.6 Å². The third-order valence-electron chi connectivity index (χ3n) is 3.49. The third kappa shape index (κ3) is 4.06. The van der Waals surface area contributed by atoms with Crippen molar-refractivity contribution in [3.8, 4) is 23.3 Å². The molecule has 25 heavy (non-hydrogen) atoms. The zero-order chi connectivity index (χ0) is 17.6. The number of hydrazone groups is 1. The molecule has 1 aliphatic heterocycles. The van der Waals surface area contributed by atoms with Gasteiger partial charge in [0, 0.05) is 5.56 Å². The number of carbonyl (C=O) groups is 1. The number of ether oxygens (including phenoxy) is 3. The van der Waals surface area contributed by atoms with Crippen molar-refractivity contribution in [3.63, 3.8) is 0 Å². The molecule has 3 rings (SSSR count). The molecule has 7 heteroatoms. The standard InChI is InChI=1S/C18H15N3O4/c1-12(14-4-7-16-17(8-14)25-11-24-16)20-21-18(22)10-23-15-5-2-13(9-19)3-6-15/h2-8H,10-11H2,1H3,(H,21,22)/b20-12+. The van der Waals surface area contributed by atoms with Gasteiger partial charge in [0.1, 0.15) is 5.75 Å². The second-order valence-electron chi connectivity index (χ2n) is 5.23. The van der Waals surface area contributed by atoms with Crippen LogP contribution < -0.4 is 19.6 Å². The van der Waals surface area contributed by atoms with Gasteiger partial charge in [-0.2, -0.15) is 10.4 Å². The summed E-state index contributed by atoms with van der Waals surface area (Å²) in [6.45, 7) is 1.81. The van der Waals surface area contributed by atoms with E-state index in [1.807, 2.05) is 12.1 Å². The van der Waals surface area contributed by atoms with Crippen LogP contribution >= 0.6 is 0 Å². The molecule has 126 valence electrons. The number of amides is 1. The van der Waals surface area contributed by atoms with E-state index in [0.29, 0.717) is 28.5 Å². The van der Waals surface area contributed by atoms with E-state index in [4.69, 9.17) is 19.5 Å². The fraction of sp³-hybridized carbons (Fsp3) is 0.167. The van der Waals surface area contributed by atoms with Gasteiger partial charge in [-0.25, -0.2) is 5.43 Å². The second kappa shape index (κ2) is 7.36. The molecular formula is C18H15N3O4. The molecule has 2 aromatic rings. The van der Waals surface area contributed by atoms with E-state index < -0.39 is 0 Å². The van der Waals surface area contributed by atoms with E-state index in [0.717, 1.165) is 5.56 Å². The highest BCUT2D eigenvalue weighted by Gasteiger charge is 2.14.